The van der Waals surface area contributed by atoms with Gasteiger partial charge >= 0.3 is 0 Å². The lowest BCUT2D eigenvalue weighted by Crippen LogP contribution is -2.42. The Morgan fingerprint density at radius 1 is 1.37 bits per heavy atom. The molecular formula is C16H26N2O. The Morgan fingerprint density at radius 3 is 2.74 bits per heavy atom. The number of ether oxygens (including phenoxy) is 1. The normalized spacial score (nSPS) is 21.8. The molecule has 3 heteroatoms. The van der Waals surface area contributed by atoms with Crippen molar-refractivity contribution < 1.29 is 4.74 Å². The van der Waals surface area contributed by atoms with Gasteiger partial charge in [-0.25, -0.2) is 0 Å². The Labute approximate surface area is 116 Å². The summed E-state index contributed by atoms with van der Waals surface area (Å²) in [5, 5.41) is 3.69. The standard InChI is InChI=1S/C16H26N2O/c1-4-13(2)16-12-18(11-5-10-17-16)14-6-8-15(19-3)9-7-14/h6-9,13,16-17H,4-5,10-12H2,1-3H3. The van der Waals surface area contributed by atoms with E-state index in [1.54, 1.807) is 7.11 Å². The maximum absolute atomic E-state index is 5.23. The number of methoxy groups -OCH3 is 1. The molecule has 0 saturated carbocycles. The van der Waals surface area contributed by atoms with Crippen molar-refractivity contribution in [2.45, 2.75) is 32.7 Å². The van der Waals surface area contributed by atoms with Gasteiger partial charge in [0, 0.05) is 24.8 Å². The highest BCUT2D eigenvalue weighted by atomic mass is 16.5. The van der Waals surface area contributed by atoms with Crippen LogP contribution in [0.5, 0.6) is 5.75 Å². The van der Waals surface area contributed by atoms with Crippen LogP contribution in [-0.4, -0.2) is 32.8 Å². The second-order valence-electron chi connectivity index (χ2n) is 5.44. The lowest BCUT2D eigenvalue weighted by molar-refractivity contribution is 0.384. The molecule has 2 atom stereocenters. The monoisotopic (exact) mass is 262 g/mol. The molecule has 1 N–H and O–H groups in total. The highest BCUT2D eigenvalue weighted by Crippen LogP contribution is 2.22. The lowest BCUT2D eigenvalue weighted by Gasteiger charge is -2.29. The zero-order chi connectivity index (χ0) is 13.7. The molecule has 2 rings (SSSR count). The fourth-order valence-corrected chi connectivity index (χ4v) is 2.64. The fourth-order valence-electron chi connectivity index (χ4n) is 2.64. The van der Waals surface area contributed by atoms with Crippen LogP contribution in [0.1, 0.15) is 26.7 Å². The molecule has 1 saturated heterocycles. The van der Waals surface area contributed by atoms with E-state index in [4.69, 9.17) is 4.74 Å². The zero-order valence-electron chi connectivity index (χ0n) is 12.4. The number of hydrogen-bond donors (Lipinski definition) is 1. The van der Waals surface area contributed by atoms with E-state index in [1.165, 1.54) is 18.5 Å². The van der Waals surface area contributed by atoms with E-state index in [0.717, 1.165) is 31.3 Å². The molecule has 0 aromatic heterocycles. The Bertz CT molecular complexity index is 377. The van der Waals surface area contributed by atoms with Crippen LogP contribution in [0, 0.1) is 5.92 Å². The van der Waals surface area contributed by atoms with Crippen LogP contribution in [-0.2, 0) is 0 Å². The Balaban J connectivity index is 2.08. The second-order valence-corrected chi connectivity index (χ2v) is 5.44. The summed E-state index contributed by atoms with van der Waals surface area (Å²) in [6.45, 7) is 7.97. The van der Waals surface area contributed by atoms with Gasteiger partial charge in [0.2, 0.25) is 0 Å². The van der Waals surface area contributed by atoms with Crippen molar-refractivity contribution in [3.8, 4) is 5.75 Å². The van der Waals surface area contributed by atoms with Gasteiger partial charge < -0.3 is 15.0 Å². The largest absolute Gasteiger partial charge is 0.497 e. The summed E-state index contributed by atoms with van der Waals surface area (Å²) in [7, 11) is 1.71. The predicted octanol–water partition coefficient (Wildman–Crippen LogP) is 2.91. The van der Waals surface area contributed by atoms with Crippen molar-refractivity contribution in [2.75, 3.05) is 31.6 Å². The fraction of sp³-hybridized carbons (Fsp3) is 0.625. The summed E-state index contributed by atoms with van der Waals surface area (Å²) in [4.78, 5) is 2.50. The first-order valence-corrected chi connectivity index (χ1v) is 7.37. The molecule has 0 radical (unpaired) electrons. The van der Waals surface area contributed by atoms with Gasteiger partial charge in [0.05, 0.1) is 7.11 Å². The third kappa shape index (κ3) is 3.63. The maximum Gasteiger partial charge on any atom is 0.119 e. The van der Waals surface area contributed by atoms with Crippen molar-refractivity contribution in [1.29, 1.82) is 0 Å². The molecule has 1 aliphatic heterocycles. The number of rotatable bonds is 4. The van der Waals surface area contributed by atoms with Crippen LogP contribution < -0.4 is 15.0 Å². The first-order valence-electron chi connectivity index (χ1n) is 7.37. The van der Waals surface area contributed by atoms with Gasteiger partial charge in [0.15, 0.2) is 0 Å². The average Bonchev–Trinajstić information content (AvgIpc) is 2.72. The molecular weight excluding hydrogens is 236 g/mol. The van der Waals surface area contributed by atoms with Crippen LogP contribution in [0.25, 0.3) is 0 Å². The highest BCUT2D eigenvalue weighted by molar-refractivity contribution is 5.49. The molecule has 0 spiro atoms. The first kappa shape index (κ1) is 14.2. The van der Waals surface area contributed by atoms with Gasteiger partial charge in [0.25, 0.3) is 0 Å². The van der Waals surface area contributed by atoms with Gasteiger partial charge in [-0.05, 0) is 43.1 Å². The molecule has 19 heavy (non-hydrogen) atoms. The summed E-state index contributed by atoms with van der Waals surface area (Å²) in [5.41, 5.74) is 1.30. The molecule has 0 bridgehead atoms. The number of anilines is 1. The van der Waals surface area contributed by atoms with Crippen LogP contribution in [0.2, 0.25) is 0 Å². The topological polar surface area (TPSA) is 24.5 Å². The Hall–Kier alpha value is -1.22. The maximum atomic E-state index is 5.23. The van der Waals surface area contributed by atoms with E-state index in [9.17, 15) is 0 Å². The van der Waals surface area contributed by atoms with Crippen LogP contribution >= 0.6 is 0 Å². The summed E-state index contributed by atoms with van der Waals surface area (Å²) < 4.78 is 5.23. The van der Waals surface area contributed by atoms with Crippen molar-refractivity contribution in [1.82, 2.24) is 5.32 Å². The minimum absolute atomic E-state index is 0.592. The van der Waals surface area contributed by atoms with E-state index < -0.39 is 0 Å². The number of benzene rings is 1. The second kappa shape index (κ2) is 6.80. The molecule has 1 aliphatic rings. The quantitative estimate of drug-likeness (QED) is 0.903. The number of hydrogen-bond acceptors (Lipinski definition) is 3. The minimum Gasteiger partial charge on any atom is -0.497 e. The Kier molecular flexibility index (Phi) is 5.08. The lowest BCUT2D eigenvalue weighted by atomic mass is 9.99. The smallest absolute Gasteiger partial charge is 0.119 e. The Morgan fingerprint density at radius 2 is 2.11 bits per heavy atom. The van der Waals surface area contributed by atoms with E-state index in [-0.39, 0.29) is 0 Å². The molecule has 3 nitrogen and oxygen atoms in total. The van der Waals surface area contributed by atoms with Crippen molar-refractivity contribution >= 4 is 5.69 Å². The van der Waals surface area contributed by atoms with Crippen molar-refractivity contribution in [2.24, 2.45) is 5.92 Å². The summed E-state index contributed by atoms with van der Waals surface area (Å²) in [6, 6.07) is 9.02. The van der Waals surface area contributed by atoms with Gasteiger partial charge in [-0.15, -0.1) is 0 Å². The van der Waals surface area contributed by atoms with Crippen LogP contribution in [0.4, 0.5) is 5.69 Å². The van der Waals surface area contributed by atoms with Gasteiger partial charge in [-0.2, -0.15) is 0 Å². The third-order valence-electron chi connectivity index (χ3n) is 4.20. The van der Waals surface area contributed by atoms with Gasteiger partial charge in [0.1, 0.15) is 5.75 Å². The molecule has 0 aliphatic carbocycles. The van der Waals surface area contributed by atoms with Crippen LogP contribution in [0.3, 0.4) is 0 Å². The zero-order valence-corrected chi connectivity index (χ0v) is 12.4. The minimum atomic E-state index is 0.592. The van der Waals surface area contributed by atoms with E-state index in [0.29, 0.717) is 6.04 Å². The highest BCUT2D eigenvalue weighted by Gasteiger charge is 2.21. The summed E-state index contributed by atoms with van der Waals surface area (Å²) >= 11 is 0. The summed E-state index contributed by atoms with van der Waals surface area (Å²) in [5.74, 6) is 1.65. The van der Waals surface area contributed by atoms with Crippen molar-refractivity contribution in [3.63, 3.8) is 0 Å². The SMILES string of the molecule is CCC(C)C1CN(c2ccc(OC)cc2)CCCN1. The van der Waals surface area contributed by atoms with Crippen LogP contribution in [0.15, 0.2) is 24.3 Å². The van der Waals surface area contributed by atoms with Crippen molar-refractivity contribution in [3.05, 3.63) is 24.3 Å². The molecule has 2 unspecified atom stereocenters. The molecule has 1 fully saturated rings. The molecule has 1 aromatic rings. The van der Waals surface area contributed by atoms with Gasteiger partial charge in [-0.3, -0.25) is 0 Å². The molecule has 1 heterocycles. The predicted molar refractivity (Wildman–Crippen MR) is 81.1 cm³/mol. The molecule has 106 valence electrons. The van der Waals surface area contributed by atoms with E-state index >= 15 is 0 Å². The van der Waals surface area contributed by atoms with E-state index in [2.05, 4.69) is 36.2 Å². The number of nitrogens with one attached hydrogen (secondary N) is 1. The molecule has 1 aromatic carbocycles. The average molecular weight is 262 g/mol. The van der Waals surface area contributed by atoms with Gasteiger partial charge in [-0.1, -0.05) is 20.3 Å². The first-order chi connectivity index (χ1) is 9.24. The molecule has 0 amide bonds. The third-order valence-corrected chi connectivity index (χ3v) is 4.20. The van der Waals surface area contributed by atoms with E-state index in [1.807, 2.05) is 12.1 Å². The number of nitrogens with zero attached hydrogens (tertiary/aromatic N) is 1. The summed E-state index contributed by atoms with van der Waals surface area (Å²) in [6.07, 6.45) is 2.44.